The van der Waals surface area contributed by atoms with Crippen molar-refractivity contribution in [2.75, 3.05) is 23.2 Å². The molecule has 0 saturated carbocycles. The fourth-order valence-electron chi connectivity index (χ4n) is 3.03. The number of aromatic nitrogens is 1. The SMILES string of the molecule is Cc1ccc2c(c1)NCCO2.O=C(O)c1ncc(Cl)cc1NS(=O)(=O)c1ccc(Cl)c(C(F)(F)F)c1. The number of nitrogens with one attached hydrogen (secondary N) is 2. The summed E-state index contributed by atoms with van der Waals surface area (Å²) in [6.45, 7) is 3.77. The third-order valence-corrected chi connectivity index (χ3v) is 6.56. The van der Waals surface area contributed by atoms with Crippen LogP contribution in [0.1, 0.15) is 21.6 Å². The van der Waals surface area contributed by atoms with E-state index in [2.05, 4.69) is 29.4 Å². The number of hydrogen-bond acceptors (Lipinski definition) is 6. The summed E-state index contributed by atoms with van der Waals surface area (Å²) >= 11 is 11.1. The molecule has 2 heterocycles. The molecule has 0 amide bonds. The average molecular weight is 564 g/mol. The number of alkyl halides is 3. The van der Waals surface area contributed by atoms with Crippen molar-refractivity contribution in [3.63, 3.8) is 0 Å². The van der Waals surface area contributed by atoms with Crippen molar-refractivity contribution in [2.24, 2.45) is 0 Å². The molecule has 0 saturated heterocycles. The highest BCUT2D eigenvalue weighted by molar-refractivity contribution is 7.92. The molecule has 192 valence electrons. The first kappa shape index (κ1) is 27.4. The number of fused-ring (bicyclic) bond motifs is 1. The third-order valence-electron chi connectivity index (χ3n) is 4.66. The minimum Gasteiger partial charge on any atom is -0.490 e. The van der Waals surface area contributed by atoms with Crippen LogP contribution in [0.4, 0.5) is 24.5 Å². The number of sulfonamides is 1. The molecule has 1 aliphatic heterocycles. The van der Waals surface area contributed by atoms with Gasteiger partial charge in [-0.15, -0.1) is 0 Å². The smallest absolute Gasteiger partial charge is 0.417 e. The monoisotopic (exact) mass is 563 g/mol. The summed E-state index contributed by atoms with van der Waals surface area (Å²) in [7, 11) is -4.56. The van der Waals surface area contributed by atoms with Gasteiger partial charge in [0.05, 0.1) is 31.9 Å². The minimum absolute atomic E-state index is 0.0743. The van der Waals surface area contributed by atoms with Gasteiger partial charge in [-0.1, -0.05) is 29.3 Å². The van der Waals surface area contributed by atoms with Gasteiger partial charge in [-0.05, 0) is 48.9 Å². The van der Waals surface area contributed by atoms with E-state index < -0.39 is 49.0 Å². The van der Waals surface area contributed by atoms with E-state index >= 15 is 0 Å². The molecule has 1 aliphatic rings. The van der Waals surface area contributed by atoms with Crippen molar-refractivity contribution in [3.05, 3.63) is 75.5 Å². The van der Waals surface area contributed by atoms with Gasteiger partial charge in [-0.25, -0.2) is 18.2 Å². The number of carboxylic acids is 1. The molecule has 1 aromatic heterocycles. The van der Waals surface area contributed by atoms with E-state index in [-0.39, 0.29) is 5.02 Å². The molecule has 4 rings (SSSR count). The zero-order valence-corrected chi connectivity index (χ0v) is 20.7. The summed E-state index contributed by atoms with van der Waals surface area (Å²) in [5.41, 5.74) is -0.126. The van der Waals surface area contributed by atoms with Gasteiger partial charge in [-0.3, -0.25) is 4.72 Å². The van der Waals surface area contributed by atoms with Crippen LogP contribution in [0.5, 0.6) is 5.75 Å². The number of anilines is 2. The summed E-state index contributed by atoms with van der Waals surface area (Å²) in [6, 6.07) is 9.10. The summed E-state index contributed by atoms with van der Waals surface area (Å²) in [6.07, 6.45) is -3.89. The summed E-state index contributed by atoms with van der Waals surface area (Å²) < 4.78 is 70.4. The van der Waals surface area contributed by atoms with E-state index in [4.69, 9.17) is 33.0 Å². The molecule has 0 aliphatic carbocycles. The average Bonchev–Trinajstić information content (AvgIpc) is 2.78. The topological polar surface area (TPSA) is 118 Å². The first-order valence-electron chi connectivity index (χ1n) is 10.0. The number of rotatable bonds is 4. The Morgan fingerprint density at radius 2 is 1.89 bits per heavy atom. The first-order chi connectivity index (χ1) is 16.8. The maximum absolute atomic E-state index is 12.9. The van der Waals surface area contributed by atoms with Crippen LogP contribution < -0.4 is 14.8 Å². The molecule has 36 heavy (non-hydrogen) atoms. The second-order valence-corrected chi connectivity index (χ2v) is 9.90. The normalized spacial score (nSPS) is 12.8. The Morgan fingerprint density at radius 1 is 1.17 bits per heavy atom. The minimum atomic E-state index is -4.87. The Labute approximate surface area is 214 Å². The summed E-state index contributed by atoms with van der Waals surface area (Å²) in [5.74, 6) is -0.580. The van der Waals surface area contributed by atoms with Gasteiger partial charge in [-0.2, -0.15) is 13.2 Å². The standard InChI is InChI=1S/C13H7Cl2F3N2O4S.C9H11NO/c14-6-3-10(11(12(21)22)19-5-6)20-25(23,24)7-1-2-9(15)8(4-7)13(16,17)18;1-7-2-3-9-8(6-7)10-4-5-11-9/h1-5,20H,(H,21,22);2-3,6,10H,4-5H2,1H3. The number of aromatic carboxylic acids is 1. The molecule has 0 fully saturated rings. The fraction of sp³-hybridized carbons (Fsp3) is 0.182. The molecule has 0 radical (unpaired) electrons. The van der Waals surface area contributed by atoms with Crippen LogP contribution in [0, 0.1) is 6.92 Å². The number of hydrogen-bond donors (Lipinski definition) is 3. The Kier molecular flexibility index (Phi) is 8.22. The van der Waals surface area contributed by atoms with Gasteiger partial charge in [0.2, 0.25) is 0 Å². The predicted octanol–water partition coefficient (Wildman–Crippen LogP) is 5.71. The molecule has 0 unspecified atom stereocenters. The Bertz CT molecular complexity index is 1400. The number of carboxylic acid groups (broad SMARTS) is 1. The Balaban J connectivity index is 0.000000270. The highest BCUT2D eigenvalue weighted by Crippen LogP contribution is 2.36. The van der Waals surface area contributed by atoms with Crippen molar-refractivity contribution >= 4 is 50.6 Å². The lowest BCUT2D eigenvalue weighted by Crippen LogP contribution is -2.17. The molecule has 0 spiro atoms. The van der Waals surface area contributed by atoms with Crippen LogP contribution in [0.2, 0.25) is 10.0 Å². The van der Waals surface area contributed by atoms with Gasteiger partial charge < -0.3 is 15.2 Å². The summed E-state index contributed by atoms with van der Waals surface area (Å²) in [5, 5.41) is 11.5. The molecule has 3 aromatic rings. The second-order valence-electron chi connectivity index (χ2n) is 7.37. The Morgan fingerprint density at radius 3 is 2.56 bits per heavy atom. The zero-order valence-electron chi connectivity index (χ0n) is 18.4. The van der Waals surface area contributed by atoms with Gasteiger partial charge in [0.1, 0.15) is 12.4 Å². The van der Waals surface area contributed by atoms with E-state index in [9.17, 15) is 26.4 Å². The van der Waals surface area contributed by atoms with Crippen molar-refractivity contribution in [2.45, 2.75) is 18.0 Å². The Hall–Kier alpha value is -3.22. The highest BCUT2D eigenvalue weighted by atomic mass is 35.5. The number of ether oxygens (including phenoxy) is 1. The predicted molar refractivity (Wildman–Crippen MR) is 129 cm³/mol. The van der Waals surface area contributed by atoms with Crippen LogP contribution >= 0.6 is 23.2 Å². The number of carbonyl (C=O) groups is 1. The van der Waals surface area contributed by atoms with Crippen LogP contribution in [-0.2, 0) is 16.2 Å². The number of benzene rings is 2. The van der Waals surface area contributed by atoms with Gasteiger partial charge in [0, 0.05) is 12.7 Å². The zero-order chi connectivity index (χ0) is 26.7. The molecule has 14 heteroatoms. The van der Waals surface area contributed by atoms with E-state index in [0.717, 1.165) is 49.0 Å². The van der Waals surface area contributed by atoms with Crippen molar-refractivity contribution in [1.29, 1.82) is 0 Å². The van der Waals surface area contributed by atoms with E-state index in [1.165, 1.54) is 5.56 Å². The van der Waals surface area contributed by atoms with Gasteiger partial charge >= 0.3 is 12.1 Å². The maximum Gasteiger partial charge on any atom is 0.417 e. The maximum atomic E-state index is 12.9. The largest absolute Gasteiger partial charge is 0.490 e. The molecule has 2 aromatic carbocycles. The number of aryl methyl sites for hydroxylation is 1. The molecule has 0 atom stereocenters. The van der Waals surface area contributed by atoms with Crippen molar-refractivity contribution < 1.29 is 36.2 Å². The molecule has 8 nitrogen and oxygen atoms in total. The van der Waals surface area contributed by atoms with E-state index in [0.29, 0.717) is 6.07 Å². The molecular weight excluding hydrogens is 546 g/mol. The number of halogens is 5. The van der Waals surface area contributed by atoms with Crippen LogP contribution in [-0.4, -0.2) is 37.6 Å². The van der Waals surface area contributed by atoms with E-state index in [1.54, 1.807) is 0 Å². The van der Waals surface area contributed by atoms with Crippen LogP contribution in [0.25, 0.3) is 0 Å². The first-order valence-corrected chi connectivity index (χ1v) is 12.3. The lowest BCUT2D eigenvalue weighted by Gasteiger charge is -2.18. The quantitative estimate of drug-likeness (QED) is 0.372. The van der Waals surface area contributed by atoms with Crippen molar-refractivity contribution in [3.8, 4) is 5.75 Å². The number of pyridine rings is 1. The van der Waals surface area contributed by atoms with Gasteiger partial charge in [0.15, 0.2) is 5.69 Å². The number of nitrogens with zero attached hydrogens (tertiary/aromatic N) is 1. The molecule has 0 bridgehead atoms. The third kappa shape index (κ3) is 6.71. The summed E-state index contributed by atoms with van der Waals surface area (Å²) in [4.78, 5) is 13.8. The second kappa shape index (κ2) is 10.8. The molecule has 3 N–H and O–H groups in total. The fourth-order valence-corrected chi connectivity index (χ4v) is 4.50. The highest BCUT2D eigenvalue weighted by Gasteiger charge is 2.34. The van der Waals surface area contributed by atoms with Crippen molar-refractivity contribution in [1.82, 2.24) is 4.98 Å². The van der Waals surface area contributed by atoms with E-state index in [1.807, 2.05) is 10.8 Å². The molecular formula is C22H18Cl2F3N3O5S. The van der Waals surface area contributed by atoms with Crippen LogP contribution in [0.15, 0.2) is 53.6 Å². The van der Waals surface area contributed by atoms with Crippen LogP contribution in [0.3, 0.4) is 0 Å². The lowest BCUT2D eigenvalue weighted by atomic mass is 10.2. The lowest BCUT2D eigenvalue weighted by molar-refractivity contribution is -0.137. The van der Waals surface area contributed by atoms with Gasteiger partial charge in [0.25, 0.3) is 10.0 Å².